The summed E-state index contributed by atoms with van der Waals surface area (Å²) >= 11 is 0. The molecule has 0 amide bonds. The van der Waals surface area contributed by atoms with Gasteiger partial charge in [0.05, 0.1) is 18.1 Å². The van der Waals surface area contributed by atoms with Gasteiger partial charge in [-0.25, -0.2) is 14.8 Å². The fourth-order valence-electron chi connectivity index (χ4n) is 2.45. The number of fused-ring (bicyclic) bond motifs is 1. The Labute approximate surface area is 116 Å². The number of hydrogen-bond donors (Lipinski definition) is 0. The summed E-state index contributed by atoms with van der Waals surface area (Å²) in [6, 6.07) is 7.07. The maximum Gasteiger partial charge on any atom is 0.335 e. The Hall–Kier alpha value is -2.37. The standard InChI is InChI=1S/C14H15N3O3/c1-8-15-11(14(18)19-3)12(20-8)13-16-9-6-4-5-7-10(9)17(13)2/h4-7,11-12H,1-3H3. The number of nitrogens with zero attached hydrogens (tertiary/aromatic N) is 3. The van der Waals surface area contributed by atoms with Crippen LogP contribution in [0.15, 0.2) is 29.3 Å². The number of imidazole rings is 1. The molecule has 2 atom stereocenters. The van der Waals surface area contributed by atoms with Gasteiger partial charge in [-0.2, -0.15) is 0 Å². The number of aromatic nitrogens is 2. The number of rotatable bonds is 2. The van der Waals surface area contributed by atoms with E-state index in [-0.39, 0.29) is 0 Å². The van der Waals surface area contributed by atoms with E-state index < -0.39 is 18.1 Å². The molecule has 6 nitrogen and oxygen atoms in total. The zero-order chi connectivity index (χ0) is 14.3. The molecule has 2 aromatic rings. The van der Waals surface area contributed by atoms with Crippen molar-refractivity contribution in [1.82, 2.24) is 9.55 Å². The van der Waals surface area contributed by atoms with E-state index in [1.54, 1.807) is 6.92 Å². The number of hydrogen-bond acceptors (Lipinski definition) is 5. The summed E-state index contributed by atoms with van der Waals surface area (Å²) in [4.78, 5) is 20.6. The van der Waals surface area contributed by atoms with Crippen molar-refractivity contribution in [3.8, 4) is 0 Å². The van der Waals surface area contributed by atoms with Gasteiger partial charge in [0.15, 0.2) is 23.9 Å². The fraction of sp³-hybridized carbons (Fsp3) is 0.357. The second kappa shape index (κ2) is 4.63. The van der Waals surface area contributed by atoms with Gasteiger partial charge < -0.3 is 14.0 Å². The van der Waals surface area contributed by atoms with Crippen molar-refractivity contribution < 1.29 is 14.3 Å². The summed E-state index contributed by atoms with van der Waals surface area (Å²) in [5.41, 5.74) is 1.85. The first kappa shape index (κ1) is 12.7. The molecule has 0 aliphatic carbocycles. The van der Waals surface area contributed by atoms with Gasteiger partial charge in [0.2, 0.25) is 0 Å². The number of methoxy groups -OCH3 is 1. The lowest BCUT2D eigenvalue weighted by Crippen LogP contribution is -2.27. The molecule has 6 heteroatoms. The molecule has 2 unspecified atom stereocenters. The third-order valence-electron chi connectivity index (χ3n) is 3.42. The summed E-state index contributed by atoms with van der Waals surface area (Å²) in [5.74, 6) is 0.721. The average Bonchev–Trinajstić information content (AvgIpc) is 2.99. The first-order chi connectivity index (χ1) is 9.61. The third-order valence-corrected chi connectivity index (χ3v) is 3.42. The summed E-state index contributed by atoms with van der Waals surface area (Å²) < 4.78 is 12.4. The molecule has 1 aliphatic heterocycles. The number of carbonyl (C=O) groups excluding carboxylic acids is 1. The van der Waals surface area contributed by atoms with Crippen molar-refractivity contribution in [3.05, 3.63) is 30.1 Å². The summed E-state index contributed by atoms with van der Waals surface area (Å²) in [7, 11) is 3.24. The van der Waals surface area contributed by atoms with Crippen LogP contribution in [-0.4, -0.2) is 34.6 Å². The number of carbonyl (C=O) groups is 1. The van der Waals surface area contributed by atoms with Crippen LogP contribution in [0.3, 0.4) is 0 Å². The highest BCUT2D eigenvalue weighted by Gasteiger charge is 2.40. The minimum atomic E-state index is -0.699. The molecule has 0 spiro atoms. The van der Waals surface area contributed by atoms with E-state index in [1.165, 1.54) is 7.11 Å². The molecular formula is C14H15N3O3. The third kappa shape index (κ3) is 1.84. The molecule has 1 aromatic carbocycles. The molecule has 0 bridgehead atoms. The molecule has 0 saturated carbocycles. The molecule has 104 valence electrons. The molecule has 0 fully saturated rings. The molecule has 1 aromatic heterocycles. The SMILES string of the molecule is COC(=O)C1N=C(C)OC1c1nc2ccccc2n1C. The maximum absolute atomic E-state index is 11.8. The lowest BCUT2D eigenvalue weighted by molar-refractivity contribution is -0.143. The number of para-hydroxylation sites is 2. The van der Waals surface area contributed by atoms with Crippen LogP contribution in [0.1, 0.15) is 18.9 Å². The first-order valence-electron chi connectivity index (χ1n) is 6.32. The summed E-state index contributed by atoms with van der Waals surface area (Å²) in [5, 5.41) is 0. The topological polar surface area (TPSA) is 65.7 Å². The van der Waals surface area contributed by atoms with Crippen LogP contribution >= 0.6 is 0 Å². The Morgan fingerprint density at radius 1 is 1.40 bits per heavy atom. The Morgan fingerprint density at radius 3 is 2.85 bits per heavy atom. The number of esters is 1. The predicted octanol–water partition coefficient (Wildman–Crippen LogP) is 1.60. The van der Waals surface area contributed by atoms with Crippen LogP contribution in [0, 0.1) is 0 Å². The van der Waals surface area contributed by atoms with Gasteiger partial charge in [0.25, 0.3) is 0 Å². The number of ether oxygens (including phenoxy) is 2. The van der Waals surface area contributed by atoms with E-state index >= 15 is 0 Å². The molecule has 20 heavy (non-hydrogen) atoms. The Morgan fingerprint density at radius 2 is 2.15 bits per heavy atom. The Kier molecular flexibility index (Phi) is 2.93. The predicted molar refractivity (Wildman–Crippen MR) is 73.5 cm³/mol. The number of benzene rings is 1. The van der Waals surface area contributed by atoms with Gasteiger partial charge in [0.1, 0.15) is 0 Å². The monoisotopic (exact) mass is 273 g/mol. The van der Waals surface area contributed by atoms with Crippen molar-refractivity contribution in [2.24, 2.45) is 12.0 Å². The van der Waals surface area contributed by atoms with Crippen LogP contribution in [0.2, 0.25) is 0 Å². The summed E-state index contributed by atoms with van der Waals surface area (Å²) in [6.45, 7) is 1.72. The van der Waals surface area contributed by atoms with Crippen molar-refractivity contribution >= 4 is 22.9 Å². The smallest absolute Gasteiger partial charge is 0.335 e. The molecule has 2 heterocycles. The molecule has 0 saturated heterocycles. The maximum atomic E-state index is 11.8. The zero-order valence-corrected chi connectivity index (χ0v) is 11.5. The second-order valence-corrected chi connectivity index (χ2v) is 4.67. The van der Waals surface area contributed by atoms with Gasteiger partial charge in [-0.05, 0) is 12.1 Å². The normalized spacial score (nSPS) is 21.6. The Bertz CT molecular complexity index is 705. The van der Waals surface area contributed by atoms with Gasteiger partial charge in [-0.1, -0.05) is 12.1 Å². The van der Waals surface area contributed by atoms with Gasteiger partial charge in [-0.15, -0.1) is 0 Å². The van der Waals surface area contributed by atoms with E-state index in [1.807, 2.05) is 35.9 Å². The Balaban J connectivity index is 2.06. The zero-order valence-electron chi connectivity index (χ0n) is 11.5. The van der Waals surface area contributed by atoms with Crippen molar-refractivity contribution in [3.63, 3.8) is 0 Å². The lowest BCUT2D eigenvalue weighted by atomic mass is 10.1. The first-order valence-corrected chi connectivity index (χ1v) is 6.32. The quantitative estimate of drug-likeness (QED) is 0.780. The van der Waals surface area contributed by atoms with Crippen LogP contribution in [0.5, 0.6) is 0 Å². The lowest BCUT2D eigenvalue weighted by Gasteiger charge is -2.15. The van der Waals surface area contributed by atoms with Gasteiger partial charge >= 0.3 is 5.97 Å². The minimum Gasteiger partial charge on any atom is -0.467 e. The average molecular weight is 273 g/mol. The second-order valence-electron chi connectivity index (χ2n) is 4.67. The molecule has 3 rings (SSSR count). The van der Waals surface area contributed by atoms with E-state index in [9.17, 15) is 4.79 Å². The highest BCUT2D eigenvalue weighted by Crippen LogP contribution is 2.31. The van der Waals surface area contributed by atoms with E-state index in [4.69, 9.17) is 9.47 Å². The summed E-state index contributed by atoms with van der Waals surface area (Å²) in [6.07, 6.45) is -0.542. The highest BCUT2D eigenvalue weighted by atomic mass is 16.5. The van der Waals surface area contributed by atoms with Crippen LogP contribution < -0.4 is 0 Å². The van der Waals surface area contributed by atoms with E-state index in [2.05, 4.69) is 9.98 Å². The number of aliphatic imine (C=N–C) groups is 1. The van der Waals surface area contributed by atoms with Crippen molar-refractivity contribution in [1.29, 1.82) is 0 Å². The molecule has 0 N–H and O–H groups in total. The van der Waals surface area contributed by atoms with Crippen molar-refractivity contribution in [2.45, 2.75) is 19.1 Å². The van der Waals surface area contributed by atoms with E-state index in [0.717, 1.165) is 11.0 Å². The number of aryl methyl sites for hydroxylation is 1. The largest absolute Gasteiger partial charge is 0.467 e. The highest BCUT2D eigenvalue weighted by molar-refractivity contribution is 5.85. The minimum absolute atomic E-state index is 0.418. The van der Waals surface area contributed by atoms with Crippen LogP contribution in [0.25, 0.3) is 11.0 Å². The van der Waals surface area contributed by atoms with Gasteiger partial charge in [0, 0.05) is 14.0 Å². The molecular weight excluding hydrogens is 258 g/mol. The van der Waals surface area contributed by atoms with Crippen LogP contribution in [-0.2, 0) is 21.3 Å². The van der Waals surface area contributed by atoms with E-state index in [0.29, 0.717) is 11.7 Å². The fourth-order valence-corrected chi connectivity index (χ4v) is 2.45. The molecule has 1 aliphatic rings. The molecule has 0 radical (unpaired) electrons. The van der Waals surface area contributed by atoms with Crippen LogP contribution in [0.4, 0.5) is 0 Å². The van der Waals surface area contributed by atoms with Crippen molar-refractivity contribution in [2.75, 3.05) is 7.11 Å². The van der Waals surface area contributed by atoms with Gasteiger partial charge in [-0.3, -0.25) is 0 Å².